The molecule has 4 aliphatic rings. The second kappa shape index (κ2) is 7.69. The van der Waals surface area contributed by atoms with Crippen LogP contribution in [0.5, 0.6) is 5.75 Å². The lowest BCUT2D eigenvalue weighted by molar-refractivity contribution is -0.874. The van der Waals surface area contributed by atoms with E-state index in [0.29, 0.717) is 0 Å². The Labute approximate surface area is 195 Å². The summed E-state index contributed by atoms with van der Waals surface area (Å²) in [4.78, 5) is 38.8. The van der Waals surface area contributed by atoms with E-state index in [4.69, 9.17) is 14.2 Å². The van der Waals surface area contributed by atoms with Crippen LogP contribution >= 0.6 is 0 Å². The molecule has 0 saturated carbocycles. The van der Waals surface area contributed by atoms with Crippen LogP contribution in [0.4, 0.5) is 0 Å². The van der Waals surface area contributed by atoms with Crippen molar-refractivity contribution in [1.82, 2.24) is 0 Å². The molecule has 10 heteroatoms. The van der Waals surface area contributed by atoms with Crippen molar-refractivity contribution in [2.24, 2.45) is 0 Å². The van der Waals surface area contributed by atoms with Gasteiger partial charge >= 0.3 is 5.97 Å². The first-order valence-electron chi connectivity index (χ1n) is 11.3. The maximum atomic E-state index is 13.5. The lowest BCUT2D eigenvalue weighted by Crippen LogP contribution is -2.57. The summed E-state index contributed by atoms with van der Waals surface area (Å²) in [7, 11) is 2.86. The molecule has 0 bridgehead atoms. The first-order valence-corrected chi connectivity index (χ1v) is 11.3. The van der Waals surface area contributed by atoms with Crippen LogP contribution in [-0.2, 0) is 19.0 Å². The van der Waals surface area contributed by atoms with Gasteiger partial charge in [-0.05, 0) is 19.9 Å². The average molecular weight is 473 g/mol. The number of fused-ring (bicyclic) bond motifs is 3. The number of Topliss-reactive ketones (excluding diaryl/α,β-unsaturated/α-hetero) is 2. The van der Waals surface area contributed by atoms with Crippen LogP contribution in [0, 0.1) is 5.21 Å². The molecule has 34 heavy (non-hydrogen) atoms. The Morgan fingerprint density at radius 3 is 2.44 bits per heavy atom. The van der Waals surface area contributed by atoms with E-state index in [1.165, 1.54) is 26.2 Å². The fourth-order valence-electron chi connectivity index (χ4n) is 5.62. The molecule has 5 rings (SSSR count). The molecule has 0 amide bonds. The SMILES string of the molecule is C[C@H]1O[C@@H]2CC(=O)O[C@@H]2C2=C1C(=O)c1c(ccc(C3C[C@@H]([N+](C)(C)[O-])[C@H](O)[C@@H](C)O3)c1O)C2=O. The number of aliphatic hydroxyl groups excluding tert-OH is 1. The second-order valence-electron chi connectivity index (χ2n) is 9.90. The number of rotatable bonds is 2. The van der Waals surface area contributed by atoms with Crippen molar-refractivity contribution in [2.45, 2.75) is 69.4 Å². The number of carbonyl (C=O) groups excluding carboxylic acids is 3. The largest absolute Gasteiger partial charge is 0.633 e. The molecule has 0 aromatic heterocycles. The average Bonchev–Trinajstić information content (AvgIpc) is 3.11. The van der Waals surface area contributed by atoms with Gasteiger partial charge in [-0.3, -0.25) is 14.4 Å². The van der Waals surface area contributed by atoms with Crippen molar-refractivity contribution >= 4 is 17.5 Å². The van der Waals surface area contributed by atoms with E-state index in [9.17, 15) is 29.8 Å². The Morgan fingerprint density at radius 2 is 1.76 bits per heavy atom. The number of aliphatic hydroxyl groups is 1. The number of hydrogen-bond acceptors (Lipinski definition) is 9. The third-order valence-corrected chi connectivity index (χ3v) is 7.35. The molecular formula is C24H27NO9. The van der Waals surface area contributed by atoms with Crippen LogP contribution in [0.1, 0.15) is 59.1 Å². The number of ketones is 2. The smallest absolute Gasteiger partial charge is 0.309 e. The molecule has 3 heterocycles. The molecule has 2 fully saturated rings. The van der Waals surface area contributed by atoms with Gasteiger partial charge in [0.25, 0.3) is 0 Å². The molecule has 1 aromatic carbocycles. The second-order valence-corrected chi connectivity index (χ2v) is 9.90. The van der Waals surface area contributed by atoms with Crippen molar-refractivity contribution < 1.29 is 43.5 Å². The van der Waals surface area contributed by atoms with Gasteiger partial charge in [-0.25, -0.2) is 0 Å². The number of hydroxylamine groups is 3. The molecule has 2 N–H and O–H groups in total. The topological polar surface area (TPSA) is 142 Å². The first-order chi connectivity index (χ1) is 15.9. The highest BCUT2D eigenvalue weighted by atomic mass is 16.6. The molecule has 0 radical (unpaired) electrons. The van der Waals surface area contributed by atoms with E-state index in [1.54, 1.807) is 13.8 Å². The Hall–Kier alpha value is -2.63. The van der Waals surface area contributed by atoms with E-state index >= 15 is 0 Å². The van der Waals surface area contributed by atoms with Crippen molar-refractivity contribution in [3.05, 3.63) is 45.2 Å². The predicted octanol–water partition coefficient (Wildman–Crippen LogP) is 1.32. The number of phenolic OH excluding ortho intramolecular Hbond substituents is 1. The Morgan fingerprint density at radius 1 is 1.06 bits per heavy atom. The monoisotopic (exact) mass is 473 g/mol. The van der Waals surface area contributed by atoms with Crippen LogP contribution in [0.2, 0.25) is 0 Å². The van der Waals surface area contributed by atoms with Gasteiger partial charge < -0.3 is 34.3 Å². The number of esters is 1. The van der Waals surface area contributed by atoms with Gasteiger partial charge in [-0.2, -0.15) is 0 Å². The normalized spacial score (nSPS) is 35.6. The van der Waals surface area contributed by atoms with E-state index < -0.39 is 70.6 Å². The lowest BCUT2D eigenvalue weighted by Gasteiger charge is -2.49. The van der Waals surface area contributed by atoms with Gasteiger partial charge in [0, 0.05) is 23.1 Å². The molecule has 3 aliphatic heterocycles. The highest BCUT2D eigenvalue weighted by Gasteiger charge is 2.52. The van der Waals surface area contributed by atoms with Crippen molar-refractivity contribution in [1.29, 1.82) is 0 Å². The Bertz CT molecular complexity index is 1130. The van der Waals surface area contributed by atoms with E-state index in [1.807, 2.05) is 0 Å². The Balaban J connectivity index is 1.57. The fraction of sp³-hybridized carbons (Fsp3) is 0.542. The maximum absolute atomic E-state index is 13.5. The molecule has 1 aromatic rings. The number of carbonyl (C=O) groups is 3. The highest BCUT2D eigenvalue weighted by Crippen LogP contribution is 2.46. The van der Waals surface area contributed by atoms with Gasteiger partial charge in [-0.15, -0.1) is 0 Å². The van der Waals surface area contributed by atoms with Crippen LogP contribution in [0.3, 0.4) is 0 Å². The van der Waals surface area contributed by atoms with Gasteiger partial charge in [0.2, 0.25) is 0 Å². The van der Waals surface area contributed by atoms with E-state index in [0.717, 1.165) is 0 Å². The number of phenols is 1. The van der Waals surface area contributed by atoms with Crippen LogP contribution < -0.4 is 0 Å². The van der Waals surface area contributed by atoms with Gasteiger partial charge in [-0.1, -0.05) is 6.07 Å². The van der Waals surface area contributed by atoms with Gasteiger partial charge in [0.1, 0.15) is 24.0 Å². The summed E-state index contributed by atoms with van der Waals surface area (Å²) in [5, 5.41) is 34.3. The summed E-state index contributed by atoms with van der Waals surface area (Å²) in [5.74, 6) is -1.96. The standard InChI is InChI=1S/C24H27NO9/c1-9-17-19(24-15(32-9)8-16(26)34-24)22(29)12-6-5-11(21(28)18(12)23(17)30)14-7-13(25(3,4)31)20(27)10(2)33-14/h5-6,9-10,13-15,20,24,27-28H,7-8H2,1-4H3/t9-,10-,13-,14?,15-,20-,24+/m1/s1. The molecule has 182 valence electrons. The minimum atomic E-state index is -0.998. The van der Waals surface area contributed by atoms with Crippen LogP contribution in [0.25, 0.3) is 0 Å². The number of quaternary nitrogens is 1. The molecule has 1 unspecified atom stereocenters. The summed E-state index contributed by atoms with van der Waals surface area (Å²) in [6.45, 7) is 3.26. The zero-order chi connectivity index (χ0) is 24.7. The predicted molar refractivity (Wildman–Crippen MR) is 116 cm³/mol. The number of benzene rings is 1. The van der Waals surface area contributed by atoms with Crippen molar-refractivity contribution in [3.8, 4) is 5.75 Å². The molecule has 0 spiro atoms. The quantitative estimate of drug-likeness (QED) is 0.369. The summed E-state index contributed by atoms with van der Waals surface area (Å²) < 4.78 is 16.2. The third-order valence-electron chi connectivity index (χ3n) is 7.35. The molecule has 10 nitrogen and oxygen atoms in total. The molecular weight excluding hydrogens is 446 g/mol. The summed E-state index contributed by atoms with van der Waals surface area (Å²) in [6, 6.07) is 2.24. The third kappa shape index (κ3) is 3.32. The number of hydrogen-bond donors (Lipinski definition) is 2. The van der Waals surface area contributed by atoms with Crippen molar-refractivity contribution in [2.75, 3.05) is 14.1 Å². The van der Waals surface area contributed by atoms with E-state index in [2.05, 4.69) is 0 Å². The molecule has 7 atom stereocenters. The first kappa shape index (κ1) is 23.1. The maximum Gasteiger partial charge on any atom is 0.309 e. The fourth-order valence-corrected chi connectivity index (χ4v) is 5.62. The van der Waals surface area contributed by atoms with Crippen LogP contribution in [-0.4, -0.2) is 83.1 Å². The Kier molecular flexibility index (Phi) is 5.23. The zero-order valence-electron chi connectivity index (χ0n) is 19.3. The van der Waals surface area contributed by atoms with Crippen LogP contribution in [0.15, 0.2) is 23.3 Å². The number of likely N-dealkylation sites (N-methyl/N-ethyl adjacent to an activating group) is 1. The summed E-state index contributed by atoms with van der Waals surface area (Å²) in [5.41, 5.74) is 0.297. The van der Waals surface area contributed by atoms with E-state index in [-0.39, 0.29) is 40.7 Å². The minimum Gasteiger partial charge on any atom is -0.633 e. The molecule has 2 saturated heterocycles. The van der Waals surface area contributed by atoms with Crippen molar-refractivity contribution in [3.63, 3.8) is 0 Å². The zero-order valence-corrected chi connectivity index (χ0v) is 19.3. The molecule has 1 aliphatic carbocycles. The number of ether oxygens (including phenoxy) is 3. The summed E-state index contributed by atoms with van der Waals surface area (Å²) >= 11 is 0. The minimum absolute atomic E-state index is 0.00307. The lowest BCUT2D eigenvalue weighted by atomic mass is 9.76. The van der Waals surface area contributed by atoms with Gasteiger partial charge in [0.15, 0.2) is 17.7 Å². The van der Waals surface area contributed by atoms with Gasteiger partial charge in [0.05, 0.1) is 50.0 Å². The number of aromatic hydroxyl groups is 1. The summed E-state index contributed by atoms with van der Waals surface area (Å²) in [6.07, 6.45) is -4.68. The number of nitrogens with zero attached hydrogens (tertiary/aromatic N) is 1. The highest BCUT2D eigenvalue weighted by molar-refractivity contribution is 6.29.